The predicted octanol–water partition coefficient (Wildman–Crippen LogP) is 3.18. The van der Waals surface area contributed by atoms with Gasteiger partial charge in [0.25, 0.3) is 0 Å². The summed E-state index contributed by atoms with van der Waals surface area (Å²) >= 11 is 7.04. The van der Waals surface area contributed by atoms with E-state index in [0.29, 0.717) is 17.6 Å². The molecule has 1 aliphatic heterocycles. The normalized spacial score (nSPS) is 17.6. The summed E-state index contributed by atoms with van der Waals surface area (Å²) in [5, 5.41) is 5.10. The van der Waals surface area contributed by atoms with Gasteiger partial charge in [-0.15, -0.1) is 22.9 Å². The second-order valence-electron chi connectivity index (χ2n) is 5.51. The van der Waals surface area contributed by atoms with Gasteiger partial charge < -0.3 is 10.2 Å². The maximum atomic E-state index is 12.3. The van der Waals surface area contributed by atoms with Crippen LogP contribution < -0.4 is 10.2 Å². The molecule has 5 nitrogen and oxygen atoms in total. The van der Waals surface area contributed by atoms with Crippen molar-refractivity contribution in [3.05, 3.63) is 40.9 Å². The lowest BCUT2D eigenvalue weighted by Gasteiger charge is -2.16. The van der Waals surface area contributed by atoms with E-state index in [0.717, 1.165) is 16.9 Å². The highest BCUT2D eigenvalue weighted by Gasteiger charge is 2.35. The van der Waals surface area contributed by atoms with Crippen LogP contribution in [0, 0.1) is 12.8 Å². The van der Waals surface area contributed by atoms with Gasteiger partial charge >= 0.3 is 0 Å². The topological polar surface area (TPSA) is 62.3 Å². The maximum absolute atomic E-state index is 12.3. The zero-order chi connectivity index (χ0) is 16.4. The number of hydrogen-bond donors (Lipinski definition) is 1. The first-order valence-electron chi connectivity index (χ1n) is 7.25. The highest BCUT2D eigenvalue weighted by molar-refractivity contribution is 7.14. The van der Waals surface area contributed by atoms with Gasteiger partial charge in [-0.2, -0.15) is 0 Å². The summed E-state index contributed by atoms with van der Waals surface area (Å²) in [4.78, 5) is 30.4. The van der Waals surface area contributed by atoms with Crippen LogP contribution in [0.5, 0.6) is 0 Å². The van der Waals surface area contributed by atoms with Crippen molar-refractivity contribution in [2.24, 2.45) is 5.92 Å². The molecule has 0 bridgehead atoms. The van der Waals surface area contributed by atoms with Gasteiger partial charge in [0, 0.05) is 24.0 Å². The summed E-state index contributed by atoms with van der Waals surface area (Å²) in [5.41, 5.74) is 2.69. The molecule has 23 heavy (non-hydrogen) atoms. The molecule has 7 heteroatoms. The number of nitrogens with one attached hydrogen (secondary N) is 1. The molecule has 0 radical (unpaired) electrons. The van der Waals surface area contributed by atoms with Gasteiger partial charge in [-0.1, -0.05) is 17.7 Å². The predicted molar refractivity (Wildman–Crippen MR) is 91.9 cm³/mol. The minimum atomic E-state index is -0.368. The molecule has 2 amide bonds. The van der Waals surface area contributed by atoms with Crippen molar-refractivity contribution >= 4 is 45.6 Å². The Morgan fingerprint density at radius 2 is 2.17 bits per heavy atom. The van der Waals surface area contributed by atoms with E-state index in [4.69, 9.17) is 11.6 Å². The van der Waals surface area contributed by atoms with Crippen LogP contribution in [0.2, 0.25) is 0 Å². The molecule has 0 spiro atoms. The molecular weight excluding hydrogens is 334 g/mol. The number of aromatic nitrogens is 1. The fraction of sp³-hybridized carbons (Fsp3) is 0.312. The highest BCUT2D eigenvalue weighted by Crippen LogP contribution is 2.27. The molecule has 1 saturated heterocycles. The van der Waals surface area contributed by atoms with Crippen LogP contribution in [-0.2, 0) is 15.5 Å². The van der Waals surface area contributed by atoms with Gasteiger partial charge in [-0.25, -0.2) is 4.98 Å². The largest absolute Gasteiger partial charge is 0.312 e. The van der Waals surface area contributed by atoms with Gasteiger partial charge in [-0.05, 0) is 19.1 Å². The molecule has 120 valence electrons. The lowest BCUT2D eigenvalue weighted by Crippen LogP contribution is -2.28. The first-order chi connectivity index (χ1) is 11.1. The zero-order valence-electron chi connectivity index (χ0n) is 12.6. The summed E-state index contributed by atoms with van der Waals surface area (Å²) < 4.78 is 0. The van der Waals surface area contributed by atoms with E-state index in [-0.39, 0.29) is 24.2 Å². The number of rotatable bonds is 4. The van der Waals surface area contributed by atoms with E-state index >= 15 is 0 Å². The number of nitrogens with zero attached hydrogens (tertiary/aromatic N) is 2. The standard InChI is InChI=1S/C16H16ClN3O2S/c1-10-2-4-13(5-3-10)20-8-11(6-14(20)21)15(22)19-16-18-12(7-17)9-23-16/h2-5,9,11H,6-8H2,1H3,(H,18,19,22). The molecule has 1 aromatic carbocycles. The molecule has 1 N–H and O–H groups in total. The molecule has 1 atom stereocenters. The van der Waals surface area contributed by atoms with E-state index in [1.165, 1.54) is 11.3 Å². The number of carbonyl (C=O) groups excluding carboxylic acids is 2. The Morgan fingerprint density at radius 3 is 2.83 bits per heavy atom. The zero-order valence-corrected chi connectivity index (χ0v) is 14.2. The summed E-state index contributed by atoms with van der Waals surface area (Å²) in [6.45, 7) is 2.39. The molecule has 1 aliphatic rings. The fourth-order valence-electron chi connectivity index (χ4n) is 2.49. The number of hydrogen-bond acceptors (Lipinski definition) is 4. The molecule has 1 unspecified atom stereocenters. The lowest BCUT2D eigenvalue weighted by atomic mass is 10.1. The number of anilines is 2. The van der Waals surface area contributed by atoms with Crippen LogP contribution in [-0.4, -0.2) is 23.3 Å². The number of thiazole rings is 1. The third kappa shape index (κ3) is 3.54. The average Bonchev–Trinajstić information content (AvgIpc) is 3.15. The van der Waals surface area contributed by atoms with Crippen molar-refractivity contribution in [2.45, 2.75) is 19.2 Å². The minimum absolute atomic E-state index is 0.0328. The Labute approximate surface area is 143 Å². The van der Waals surface area contributed by atoms with Crippen molar-refractivity contribution in [2.75, 3.05) is 16.8 Å². The Hall–Kier alpha value is -1.92. The summed E-state index contributed by atoms with van der Waals surface area (Å²) in [6.07, 6.45) is 0.216. The Kier molecular flexibility index (Phi) is 4.63. The first-order valence-corrected chi connectivity index (χ1v) is 8.66. The molecule has 2 heterocycles. The fourth-order valence-corrected chi connectivity index (χ4v) is 3.43. The lowest BCUT2D eigenvalue weighted by molar-refractivity contribution is -0.122. The molecule has 0 aliphatic carbocycles. The molecule has 0 saturated carbocycles. The van der Waals surface area contributed by atoms with E-state index in [1.54, 1.807) is 10.3 Å². The van der Waals surface area contributed by atoms with Crippen LogP contribution in [0.4, 0.5) is 10.8 Å². The summed E-state index contributed by atoms with van der Waals surface area (Å²) in [5.74, 6) is -0.264. The van der Waals surface area contributed by atoms with Crippen LogP contribution in [0.3, 0.4) is 0 Å². The number of amides is 2. The van der Waals surface area contributed by atoms with Gasteiger partial charge in [0.15, 0.2) is 5.13 Å². The molecule has 1 fully saturated rings. The van der Waals surface area contributed by atoms with Crippen molar-refractivity contribution in [1.29, 1.82) is 0 Å². The van der Waals surface area contributed by atoms with Gasteiger partial charge in [0.2, 0.25) is 11.8 Å². The number of carbonyl (C=O) groups is 2. The molecule has 2 aromatic rings. The maximum Gasteiger partial charge on any atom is 0.231 e. The first kappa shape index (κ1) is 16.0. The Morgan fingerprint density at radius 1 is 1.43 bits per heavy atom. The van der Waals surface area contributed by atoms with E-state index in [2.05, 4.69) is 10.3 Å². The van der Waals surface area contributed by atoms with Gasteiger partial charge in [-0.3, -0.25) is 9.59 Å². The Bertz CT molecular complexity index is 729. The summed E-state index contributed by atoms with van der Waals surface area (Å²) in [6, 6.07) is 7.72. The molecular formula is C16H16ClN3O2S. The number of aryl methyl sites for hydroxylation is 1. The van der Waals surface area contributed by atoms with E-state index in [1.807, 2.05) is 31.2 Å². The van der Waals surface area contributed by atoms with Gasteiger partial charge in [0.05, 0.1) is 17.5 Å². The van der Waals surface area contributed by atoms with Crippen molar-refractivity contribution in [1.82, 2.24) is 4.98 Å². The van der Waals surface area contributed by atoms with Gasteiger partial charge in [0.1, 0.15) is 0 Å². The van der Waals surface area contributed by atoms with E-state index in [9.17, 15) is 9.59 Å². The monoisotopic (exact) mass is 349 g/mol. The van der Waals surface area contributed by atoms with Crippen molar-refractivity contribution in [3.63, 3.8) is 0 Å². The number of benzene rings is 1. The van der Waals surface area contributed by atoms with Crippen molar-refractivity contribution < 1.29 is 9.59 Å². The molecule has 1 aromatic heterocycles. The third-order valence-corrected chi connectivity index (χ3v) is 4.84. The Balaban J connectivity index is 1.66. The van der Waals surface area contributed by atoms with Crippen LogP contribution >= 0.6 is 22.9 Å². The van der Waals surface area contributed by atoms with Crippen LogP contribution in [0.15, 0.2) is 29.6 Å². The van der Waals surface area contributed by atoms with E-state index < -0.39 is 0 Å². The molecule has 3 rings (SSSR count). The average molecular weight is 350 g/mol. The van der Waals surface area contributed by atoms with Crippen LogP contribution in [0.25, 0.3) is 0 Å². The second kappa shape index (κ2) is 6.68. The third-order valence-electron chi connectivity index (χ3n) is 3.76. The summed E-state index contributed by atoms with van der Waals surface area (Å²) in [7, 11) is 0. The smallest absolute Gasteiger partial charge is 0.231 e. The second-order valence-corrected chi connectivity index (χ2v) is 6.63. The van der Waals surface area contributed by atoms with Crippen LogP contribution in [0.1, 0.15) is 17.7 Å². The number of alkyl halides is 1. The SMILES string of the molecule is Cc1ccc(N2CC(C(=O)Nc3nc(CCl)cs3)CC2=O)cc1. The quantitative estimate of drug-likeness (QED) is 0.862. The number of halogens is 1. The highest BCUT2D eigenvalue weighted by atomic mass is 35.5. The minimum Gasteiger partial charge on any atom is -0.312 e. The van der Waals surface area contributed by atoms with Crippen molar-refractivity contribution in [3.8, 4) is 0 Å².